The van der Waals surface area contributed by atoms with E-state index >= 15 is 0 Å². The number of carbonyl (C=O) groups excluding carboxylic acids is 2. The van der Waals surface area contributed by atoms with Gasteiger partial charge in [-0.1, -0.05) is 12.1 Å². The standard InChI is InChI=1S/C16H19NO7S/c18-7-10-11(19)12(20)13(21)16(24-10)25-6-5-17-14(22)8-3-1-2-4-9(8)15(17)23/h1-4,10-13,16,18-21H,5-7H2. The second kappa shape index (κ2) is 7.40. The van der Waals surface area contributed by atoms with Crippen LogP contribution in [-0.4, -0.2) is 85.9 Å². The van der Waals surface area contributed by atoms with Crippen LogP contribution in [0.2, 0.25) is 0 Å². The van der Waals surface area contributed by atoms with E-state index in [9.17, 15) is 24.9 Å². The number of rotatable bonds is 5. The van der Waals surface area contributed by atoms with Crippen LogP contribution in [-0.2, 0) is 4.74 Å². The van der Waals surface area contributed by atoms with Gasteiger partial charge >= 0.3 is 0 Å². The maximum Gasteiger partial charge on any atom is 0.261 e. The van der Waals surface area contributed by atoms with Crippen molar-refractivity contribution in [1.82, 2.24) is 4.90 Å². The highest BCUT2D eigenvalue weighted by atomic mass is 32.2. The van der Waals surface area contributed by atoms with Gasteiger partial charge in [0.25, 0.3) is 11.8 Å². The van der Waals surface area contributed by atoms with Gasteiger partial charge in [0, 0.05) is 12.3 Å². The number of fused-ring (bicyclic) bond motifs is 1. The summed E-state index contributed by atoms with van der Waals surface area (Å²) < 4.78 is 5.38. The topological polar surface area (TPSA) is 128 Å². The number of amides is 2. The van der Waals surface area contributed by atoms with Crippen molar-refractivity contribution >= 4 is 23.6 Å². The first-order chi connectivity index (χ1) is 12.0. The van der Waals surface area contributed by atoms with Crippen molar-refractivity contribution in [1.29, 1.82) is 0 Å². The van der Waals surface area contributed by atoms with Crippen LogP contribution in [0, 0.1) is 0 Å². The summed E-state index contributed by atoms with van der Waals surface area (Å²) in [5.41, 5.74) is -0.151. The Balaban J connectivity index is 1.58. The highest BCUT2D eigenvalue weighted by Gasteiger charge is 2.43. The molecule has 25 heavy (non-hydrogen) atoms. The van der Waals surface area contributed by atoms with Crippen molar-refractivity contribution in [3.8, 4) is 0 Å². The number of aliphatic hydroxyl groups excluding tert-OH is 4. The minimum Gasteiger partial charge on any atom is -0.394 e. The third-order valence-electron chi connectivity index (χ3n) is 4.32. The Hall–Kier alpha value is -1.49. The number of thioether (sulfide) groups is 1. The van der Waals surface area contributed by atoms with Gasteiger partial charge in [0.05, 0.1) is 17.7 Å². The average molecular weight is 369 g/mol. The molecular weight excluding hydrogens is 350 g/mol. The zero-order chi connectivity index (χ0) is 18.1. The van der Waals surface area contributed by atoms with Crippen LogP contribution in [0.5, 0.6) is 0 Å². The number of hydrogen-bond acceptors (Lipinski definition) is 8. The van der Waals surface area contributed by atoms with Gasteiger partial charge in [-0.05, 0) is 12.1 Å². The molecule has 3 rings (SSSR count). The fourth-order valence-electron chi connectivity index (χ4n) is 2.91. The molecule has 2 amide bonds. The molecular formula is C16H19NO7S. The predicted octanol–water partition coefficient (Wildman–Crippen LogP) is -1.18. The van der Waals surface area contributed by atoms with E-state index < -0.39 is 36.5 Å². The molecule has 2 aliphatic heterocycles. The summed E-state index contributed by atoms with van der Waals surface area (Å²) in [5.74, 6) is -0.459. The van der Waals surface area contributed by atoms with E-state index in [1.54, 1.807) is 24.3 Å². The van der Waals surface area contributed by atoms with Gasteiger partial charge in [0.15, 0.2) is 0 Å². The summed E-state index contributed by atoms with van der Waals surface area (Å²) in [6, 6.07) is 6.58. The van der Waals surface area contributed by atoms with Gasteiger partial charge in [-0.25, -0.2) is 0 Å². The second-order valence-corrected chi connectivity index (χ2v) is 7.08. The Morgan fingerprint density at radius 2 is 1.60 bits per heavy atom. The molecule has 2 heterocycles. The summed E-state index contributed by atoms with van der Waals surface area (Å²) in [5, 5.41) is 38.6. The first-order valence-corrected chi connectivity index (χ1v) is 8.88. The summed E-state index contributed by atoms with van der Waals surface area (Å²) in [6.07, 6.45) is -5.17. The van der Waals surface area contributed by atoms with E-state index in [-0.39, 0.29) is 24.1 Å². The van der Waals surface area contributed by atoms with Crippen molar-refractivity contribution in [2.45, 2.75) is 29.9 Å². The largest absolute Gasteiger partial charge is 0.394 e. The molecule has 9 heteroatoms. The minimum absolute atomic E-state index is 0.117. The Bertz CT molecular complexity index is 633. The van der Waals surface area contributed by atoms with Crippen LogP contribution in [0.25, 0.3) is 0 Å². The maximum absolute atomic E-state index is 12.3. The Morgan fingerprint density at radius 1 is 1.00 bits per heavy atom. The fourth-order valence-corrected chi connectivity index (χ4v) is 4.01. The first-order valence-electron chi connectivity index (χ1n) is 7.83. The highest BCUT2D eigenvalue weighted by Crippen LogP contribution is 2.29. The zero-order valence-electron chi connectivity index (χ0n) is 13.2. The van der Waals surface area contributed by atoms with Crippen molar-refractivity contribution in [3.05, 3.63) is 35.4 Å². The maximum atomic E-state index is 12.3. The van der Waals surface area contributed by atoms with Gasteiger partial charge in [0.1, 0.15) is 29.9 Å². The molecule has 0 radical (unpaired) electrons. The molecule has 0 saturated carbocycles. The molecule has 4 N–H and O–H groups in total. The highest BCUT2D eigenvalue weighted by molar-refractivity contribution is 7.99. The van der Waals surface area contributed by atoms with Gasteiger partial charge in [0.2, 0.25) is 0 Å². The Labute approximate surface area is 148 Å². The van der Waals surface area contributed by atoms with Crippen LogP contribution in [0.1, 0.15) is 20.7 Å². The molecule has 2 aliphatic rings. The average Bonchev–Trinajstić information content (AvgIpc) is 2.87. The number of nitrogens with zero attached hydrogens (tertiary/aromatic N) is 1. The van der Waals surface area contributed by atoms with E-state index in [2.05, 4.69) is 0 Å². The lowest BCUT2D eigenvalue weighted by molar-refractivity contribution is -0.205. The van der Waals surface area contributed by atoms with E-state index in [1.807, 2.05) is 0 Å². The smallest absolute Gasteiger partial charge is 0.261 e. The molecule has 136 valence electrons. The molecule has 1 aromatic rings. The predicted molar refractivity (Wildman–Crippen MR) is 88.0 cm³/mol. The van der Waals surface area contributed by atoms with Gasteiger partial charge in [-0.2, -0.15) is 0 Å². The van der Waals surface area contributed by atoms with Crippen LogP contribution in [0.3, 0.4) is 0 Å². The number of imide groups is 1. The Kier molecular flexibility index (Phi) is 5.42. The molecule has 5 unspecified atom stereocenters. The molecule has 8 nitrogen and oxygen atoms in total. The summed E-state index contributed by atoms with van der Waals surface area (Å²) in [4.78, 5) is 25.6. The second-order valence-electron chi connectivity index (χ2n) is 5.88. The number of carbonyl (C=O) groups is 2. The number of hydrogen-bond donors (Lipinski definition) is 4. The van der Waals surface area contributed by atoms with Gasteiger partial charge < -0.3 is 25.2 Å². The molecule has 5 atom stereocenters. The fraction of sp³-hybridized carbons (Fsp3) is 0.500. The van der Waals surface area contributed by atoms with E-state index in [0.717, 1.165) is 16.7 Å². The van der Waals surface area contributed by atoms with Crippen molar-refractivity contribution in [2.24, 2.45) is 0 Å². The van der Waals surface area contributed by atoms with E-state index in [1.165, 1.54) is 0 Å². The van der Waals surface area contributed by atoms with Crippen LogP contribution in [0.4, 0.5) is 0 Å². The zero-order valence-corrected chi connectivity index (χ0v) is 14.0. The van der Waals surface area contributed by atoms with E-state index in [4.69, 9.17) is 9.84 Å². The summed E-state index contributed by atoms with van der Waals surface area (Å²) >= 11 is 1.10. The summed E-state index contributed by atoms with van der Waals surface area (Å²) in [7, 11) is 0. The van der Waals surface area contributed by atoms with Gasteiger partial charge in [-0.15, -0.1) is 11.8 Å². The molecule has 1 saturated heterocycles. The van der Waals surface area contributed by atoms with Crippen molar-refractivity contribution < 1.29 is 34.8 Å². The lowest BCUT2D eigenvalue weighted by atomic mass is 10.0. The monoisotopic (exact) mass is 369 g/mol. The molecule has 1 aromatic carbocycles. The van der Waals surface area contributed by atoms with Gasteiger partial charge in [-0.3, -0.25) is 14.5 Å². The Morgan fingerprint density at radius 3 is 2.16 bits per heavy atom. The van der Waals surface area contributed by atoms with Crippen LogP contribution >= 0.6 is 11.8 Å². The normalized spacial score (nSPS) is 32.2. The van der Waals surface area contributed by atoms with Crippen LogP contribution < -0.4 is 0 Å². The van der Waals surface area contributed by atoms with Crippen molar-refractivity contribution in [3.63, 3.8) is 0 Å². The number of aliphatic hydroxyl groups is 4. The molecule has 0 bridgehead atoms. The minimum atomic E-state index is -1.44. The molecule has 0 aliphatic carbocycles. The van der Waals surface area contributed by atoms with Crippen molar-refractivity contribution in [2.75, 3.05) is 18.9 Å². The molecule has 0 spiro atoms. The third-order valence-corrected chi connectivity index (χ3v) is 5.46. The van der Waals surface area contributed by atoms with E-state index in [0.29, 0.717) is 11.1 Å². The number of benzene rings is 1. The lowest BCUT2D eigenvalue weighted by Crippen LogP contribution is -2.57. The third kappa shape index (κ3) is 3.31. The first kappa shape index (κ1) is 18.3. The van der Waals surface area contributed by atoms with Crippen LogP contribution in [0.15, 0.2) is 24.3 Å². The SMILES string of the molecule is O=C1c2ccccc2C(=O)N1CCSC1OC(CO)C(O)C(O)C1O. The molecule has 0 aromatic heterocycles. The molecule has 1 fully saturated rings. The quantitative estimate of drug-likeness (QED) is 0.478. The lowest BCUT2D eigenvalue weighted by Gasteiger charge is -2.39. The number of ether oxygens (including phenoxy) is 1. The summed E-state index contributed by atoms with van der Waals surface area (Å²) in [6.45, 7) is -0.382.